The Labute approximate surface area is 115 Å². The predicted molar refractivity (Wildman–Crippen MR) is 72.7 cm³/mol. The maximum absolute atomic E-state index is 12.1. The first kappa shape index (κ1) is 11.8. The van der Waals surface area contributed by atoms with Gasteiger partial charge in [-0.15, -0.1) is 0 Å². The van der Waals surface area contributed by atoms with E-state index in [-0.39, 0.29) is 22.7 Å². The molecule has 0 spiro atoms. The van der Waals surface area contributed by atoms with Gasteiger partial charge < -0.3 is 9.64 Å². The van der Waals surface area contributed by atoms with Gasteiger partial charge in [0.2, 0.25) is 5.91 Å². The van der Waals surface area contributed by atoms with Gasteiger partial charge in [-0.2, -0.15) is 0 Å². The van der Waals surface area contributed by atoms with Crippen LogP contribution in [0.15, 0.2) is 36.4 Å². The van der Waals surface area contributed by atoms with Crippen LogP contribution in [0, 0.1) is 5.92 Å². The quantitative estimate of drug-likeness (QED) is 0.634. The smallest absolute Gasteiger partial charge is 0.231 e. The van der Waals surface area contributed by atoms with Crippen LogP contribution in [0.3, 0.4) is 0 Å². The summed E-state index contributed by atoms with van der Waals surface area (Å²) in [6, 6.07) is 8.06. The maximum atomic E-state index is 12.1. The van der Waals surface area contributed by atoms with Crippen LogP contribution in [0.1, 0.15) is 5.56 Å². The fraction of sp³-hybridized carbons (Fsp3) is 0.357. The molecule has 94 valence electrons. The van der Waals surface area contributed by atoms with Crippen molar-refractivity contribution in [3.63, 3.8) is 0 Å². The highest BCUT2D eigenvalue weighted by molar-refractivity contribution is 9.09. The highest BCUT2D eigenvalue weighted by atomic mass is 79.9. The van der Waals surface area contributed by atoms with Gasteiger partial charge in [-0.05, 0) is 17.7 Å². The molecule has 1 aliphatic carbocycles. The van der Waals surface area contributed by atoms with Crippen molar-refractivity contribution < 1.29 is 9.53 Å². The Hall–Kier alpha value is -1.29. The maximum Gasteiger partial charge on any atom is 0.231 e. The minimum absolute atomic E-state index is 0.0215. The van der Waals surface area contributed by atoms with Crippen LogP contribution in [0.5, 0.6) is 5.75 Å². The zero-order valence-electron chi connectivity index (χ0n) is 10.0. The number of likely N-dealkylation sites (tertiary alicyclic amines) is 1. The Balaban J connectivity index is 1.77. The Morgan fingerprint density at radius 1 is 1.28 bits per heavy atom. The third-order valence-electron chi connectivity index (χ3n) is 3.63. The minimum atomic E-state index is 0.0215. The summed E-state index contributed by atoms with van der Waals surface area (Å²) in [4.78, 5) is 14.3. The lowest BCUT2D eigenvalue weighted by atomic mass is 10.1. The van der Waals surface area contributed by atoms with Gasteiger partial charge in [0.05, 0.1) is 23.9 Å². The fourth-order valence-electron chi connectivity index (χ4n) is 2.60. The number of hydrogen-bond acceptors (Lipinski definition) is 2. The average molecular weight is 308 g/mol. The minimum Gasteiger partial charge on any atom is -0.497 e. The number of rotatable bonds is 3. The Morgan fingerprint density at radius 3 is 2.56 bits per heavy atom. The summed E-state index contributed by atoms with van der Waals surface area (Å²) < 4.78 is 5.13. The van der Waals surface area contributed by atoms with Gasteiger partial charge in [-0.25, -0.2) is 0 Å². The number of halogens is 1. The molecule has 1 aromatic carbocycles. The van der Waals surface area contributed by atoms with Crippen LogP contribution in [0.25, 0.3) is 0 Å². The van der Waals surface area contributed by atoms with Gasteiger partial charge >= 0.3 is 0 Å². The molecule has 4 heteroatoms. The van der Waals surface area contributed by atoms with Crippen LogP contribution in [0.4, 0.5) is 0 Å². The highest BCUT2D eigenvalue weighted by Crippen LogP contribution is 2.39. The van der Waals surface area contributed by atoms with Gasteiger partial charge in [0, 0.05) is 6.54 Å². The van der Waals surface area contributed by atoms with E-state index in [0.717, 1.165) is 11.3 Å². The molecule has 0 aromatic heterocycles. The second-order valence-electron chi connectivity index (χ2n) is 4.66. The van der Waals surface area contributed by atoms with Crippen molar-refractivity contribution in [2.24, 2.45) is 5.92 Å². The molecule has 2 bridgehead atoms. The van der Waals surface area contributed by atoms with Gasteiger partial charge in [0.1, 0.15) is 5.75 Å². The molecule has 18 heavy (non-hydrogen) atoms. The zero-order valence-corrected chi connectivity index (χ0v) is 11.6. The van der Waals surface area contributed by atoms with Gasteiger partial charge in [0.25, 0.3) is 0 Å². The van der Waals surface area contributed by atoms with E-state index >= 15 is 0 Å². The van der Waals surface area contributed by atoms with Crippen LogP contribution >= 0.6 is 15.9 Å². The lowest BCUT2D eigenvalue weighted by molar-refractivity contribution is -0.131. The monoisotopic (exact) mass is 307 g/mol. The summed E-state index contributed by atoms with van der Waals surface area (Å²) in [5, 5.41) is 0. The lowest BCUT2D eigenvalue weighted by Crippen LogP contribution is -2.34. The second kappa shape index (κ2) is 4.43. The largest absolute Gasteiger partial charge is 0.497 e. The molecule has 1 aromatic rings. The third-order valence-corrected chi connectivity index (χ3v) is 4.74. The molecule has 1 heterocycles. The molecule has 1 fully saturated rings. The number of alkyl halides is 1. The summed E-state index contributed by atoms with van der Waals surface area (Å²) in [5.41, 5.74) is 1.13. The normalized spacial score (nSPS) is 29.1. The molecule has 3 rings (SSSR count). The predicted octanol–water partition coefficient (Wildman–Crippen LogP) is 2.36. The van der Waals surface area contributed by atoms with Crippen molar-refractivity contribution in [2.45, 2.75) is 17.4 Å². The number of fused-ring (bicyclic) bond motifs is 2. The molecular weight excluding hydrogens is 294 g/mol. The van der Waals surface area contributed by atoms with E-state index in [1.165, 1.54) is 0 Å². The molecule has 0 radical (unpaired) electrons. The number of benzene rings is 1. The molecule has 0 saturated carbocycles. The van der Waals surface area contributed by atoms with E-state index < -0.39 is 0 Å². The van der Waals surface area contributed by atoms with E-state index in [2.05, 4.69) is 22.0 Å². The number of methoxy groups -OCH3 is 1. The number of nitrogens with zero attached hydrogens (tertiary/aromatic N) is 1. The van der Waals surface area contributed by atoms with Crippen molar-refractivity contribution in [3.8, 4) is 5.75 Å². The summed E-state index contributed by atoms with van der Waals surface area (Å²) in [5.74, 6) is 1.08. The second-order valence-corrected chi connectivity index (χ2v) is 5.72. The number of ether oxygens (including phenoxy) is 1. The molecule has 0 unspecified atom stereocenters. The number of carbonyl (C=O) groups is 1. The van der Waals surface area contributed by atoms with Gasteiger partial charge in [-0.1, -0.05) is 40.2 Å². The molecule has 3 atom stereocenters. The van der Waals surface area contributed by atoms with E-state index in [0.29, 0.717) is 6.54 Å². The first-order chi connectivity index (χ1) is 8.70. The van der Waals surface area contributed by atoms with Crippen LogP contribution in [-0.2, 0) is 11.3 Å². The first-order valence-corrected chi connectivity index (χ1v) is 6.88. The van der Waals surface area contributed by atoms with Crippen molar-refractivity contribution in [3.05, 3.63) is 42.0 Å². The molecule has 1 aliphatic heterocycles. The van der Waals surface area contributed by atoms with Crippen LogP contribution < -0.4 is 4.74 Å². The SMILES string of the molecule is COc1ccc(CN2C(=O)[C@H]3C=C[C@@H]2[C@@H]3Br)cc1. The number of carbonyl (C=O) groups excluding carboxylic acids is 1. The summed E-state index contributed by atoms with van der Waals surface area (Å²) in [7, 11) is 1.65. The van der Waals surface area contributed by atoms with E-state index in [1.54, 1.807) is 7.11 Å². The highest BCUT2D eigenvalue weighted by Gasteiger charge is 2.47. The zero-order chi connectivity index (χ0) is 12.7. The van der Waals surface area contributed by atoms with Crippen molar-refractivity contribution in [2.75, 3.05) is 7.11 Å². The molecule has 1 saturated heterocycles. The van der Waals surface area contributed by atoms with Crippen LogP contribution in [0.2, 0.25) is 0 Å². The molecular formula is C14H14BrNO2. The van der Waals surface area contributed by atoms with Crippen molar-refractivity contribution in [1.29, 1.82) is 0 Å². The molecule has 1 amide bonds. The standard InChI is InChI=1S/C14H14BrNO2/c1-18-10-4-2-9(3-5-10)8-16-12-7-6-11(13(12)15)14(16)17/h2-7,11-13H,8H2,1H3/t11-,12+,13+/m0/s1. The van der Waals surface area contributed by atoms with E-state index in [4.69, 9.17) is 4.74 Å². The number of hydrogen-bond donors (Lipinski definition) is 0. The third kappa shape index (κ3) is 1.75. The Bertz CT molecular complexity index is 497. The molecule has 3 nitrogen and oxygen atoms in total. The van der Waals surface area contributed by atoms with E-state index in [9.17, 15) is 4.79 Å². The molecule has 0 N–H and O–H groups in total. The van der Waals surface area contributed by atoms with E-state index in [1.807, 2.05) is 35.2 Å². The summed E-state index contributed by atoms with van der Waals surface area (Å²) in [6.45, 7) is 0.663. The average Bonchev–Trinajstić information content (AvgIpc) is 2.86. The first-order valence-electron chi connectivity index (χ1n) is 5.96. The van der Waals surface area contributed by atoms with Gasteiger partial charge in [0.15, 0.2) is 0 Å². The Morgan fingerprint density at radius 2 is 2.00 bits per heavy atom. The van der Waals surface area contributed by atoms with Crippen LogP contribution in [-0.4, -0.2) is 28.8 Å². The summed E-state index contributed by atoms with van der Waals surface area (Å²) in [6.07, 6.45) is 4.13. The topological polar surface area (TPSA) is 29.5 Å². The molecule has 2 aliphatic rings. The number of amides is 1. The van der Waals surface area contributed by atoms with Crippen molar-refractivity contribution in [1.82, 2.24) is 4.90 Å². The lowest BCUT2D eigenvalue weighted by Gasteiger charge is -2.24. The van der Waals surface area contributed by atoms with Crippen molar-refractivity contribution >= 4 is 21.8 Å². The Kier molecular flexibility index (Phi) is 2.90. The van der Waals surface area contributed by atoms with Gasteiger partial charge in [-0.3, -0.25) is 4.79 Å². The summed E-state index contributed by atoms with van der Waals surface area (Å²) >= 11 is 3.60. The fourth-order valence-corrected chi connectivity index (χ4v) is 3.47.